The van der Waals surface area contributed by atoms with Crippen LogP contribution in [0.15, 0.2) is 36.4 Å². The Morgan fingerprint density at radius 3 is 2.61 bits per heavy atom. The molecule has 0 aromatic heterocycles. The number of aryl methyl sites for hydroxylation is 1. The highest BCUT2D eigenvalue weighted by Crippen LogP contribution is 2.42. The number of benzene rings is 2. The van der Waals surface area contributed by atoms with E-state index < -0.39 is 5.41 Å². The van der Waals surface area contributed by atoms with Crippen LogP contribution in [0, 0.1) is 6.92 Å². The number of hydrogen-bond acceptors (Lipinski definition) is 3. The van der Waals surface area contributed by atoms with Crippen LogP contribution in [0.4, 0.5) is 0 Å². The third-order valence-electron chi connectivity index (χ3n) is 6.21. The smallest absolute Gasteiger partial charge is 0.230 e. The molecule has 5 heteroatoms. The van der Waals surface area contributed by atoms with E-state index in [1.807, 2.05) is 6.92 Å². The Bertz CT molecular complexity index is 860. The molecule has 150 valence electrons. The molecule has 2 aromatic rings. The van der Waals surface area contributed by atoms with Crippen LogP contribution in [0.2, 0.25) is 0 Å². The number of fused-ring (bicyclic) bond motifs is 1. The van der Waals surface area contributed by atoms with Crippen molar-refractivity contribution in [2.45, 2.75) is 57.7 Å². The zero-order chi connectivity index (χ0) is 18.9. The van der Waals surface area contributed by atoms with Crippen molar-refractivity contribution in [2.75, 3.05) is 7.11 Å². The molecule has 4 rings (SSSR count). The second-order valence-corrected chi connectivity index (χ2v) is 7.86. The van der Waals surface area contributed by atoms with Crippen LogP contribution >= 0.6 is 12.4 Å². The Balaban J connectivity index is 0.00000225. The molecular formula is C23H29ClN2O2. The molecule has 2 aromatic carbocycles. The molecule has 0 saturated heterocycles. The Hall–Kier alpha value is -2.04. The lowest BCUT2D eigenvalue weighted by molar-refractivity contribution is -0.126. The molecule has 0 bridgehead atoms. The van der Waals surface area contributed by atoms with Gasteiger partial charge in [-0.05, 0) is 53.6 Å². The first-order chi connectivity index (χ1) is 13.1. The highest BCUT2D eigenvalue weighted by atomic mass is 35.5. The molecular weight excluding hydrogens is 372 g/mol. The molecule has 0 radical (unpaired) electrons. The molecule has 0 atom stereocenters. The van der Waals surface area contributed by atoms with Gasteiger partial charge in [0, 0.05) is 19.6 Å². The monoisotopic (exact) mass is 400 g/mol. The van der Waals surface area contributed by atoms with Crippen molar-refractivity contribution in [3.8, 4) is 5.75 Å². The summed E-state index contributed by atoms with van der Waals surface area (Å²) in [6.07, 6.45) is 3.99. The van der Waals surface area contributed by atoms with E-state index in [2.05, 4.69) is 47.0 Å². The molecule has 0 spiro atoms. The summed E-state index contributed by atoms with van der Waals surface area (Å²) < 4.78 is 5.50. The second kappa shape index (κ2) is 8.54. The molecule has 1 amide bonds. The number of halogens is 1. The number of hydrogen-bond donors (Lipinski definition) is 2. The van der Waals surface area contributed by atoms with Gasteiger partial charge in [0.15, 0.2) is 0 Å². The summed E-state index contributed by atoms with van der Waals surface area (Å²) in [5.74, 6) is 1.00. The van der Waals surface area contributed by atoms with Gasteiger partial charge in [0.2, 0.25) is 5.91 Å². The van der Waals surface area contributed by atoms with Crippen LogP contribution in [0.5, 0.6) is 5.75 Å². The van der Waals surface area contributed by atoms with Gasteiger partial charge in [0.1, 0.15) is 5.75 Å². The summed E-state index contributed by atoms with van der Waals surface area (Å²) in [6, 6.07) is 12.7. The van der Waals surface area contributed by atoms with E-state index in [1.165, 1.54) is 16.7 Å². The molecule has 28 heavy (non-hydrogen) atoms. The Kier molecular flexibility index (Phi) is 6.31. The first-order valence-electron chi connectivity index (χ1n) is 9.87. The van der Waals surface area contributed by atoms with Gasteiger partial charge in [-0.2, -0.15) is 0 Å². The van der Waals surface area contributed by atoms with Gasteiger partial charge in [-0.25, -0.2) is 0 Å². The van der Waals surface area contributed by atoms with Crippen LogP contribution in [-0.4, -0.2) is 13.0 Å². The van der Waals surface area contributed by atoms with E-state index in [1.54, 1.807) is 7.11 Å². The van der Waals surface area contributed by atoms with E-state index in [-0.39, 0.29) is 18.3 Å². The number of rotatable bonds is 5. The first kappa shape index (κ1) is 20.7. The maximum Gasteiger partial charge on any atom is 0.230 e. The van der Waals surface area contributed by atoms with Gasteiger partial charge in [0.25, 0.3) is 0 Å². The standard InChI is InChI=1S/C23H28N2O2.ClH/c1-16-5-8-20(12-21(16)27-2)23(9-3-4-10-23)22(26)25-13-17-6-7-18-14-24-15-19(18)11-17;/h5-8,11-12,24H,3-4,9-10,13-15H2,1-2H3,(H,25,26);1H. The average molecular weight is 401 g/mol. The van der Waals surface area contributed by atoms with Crippen molar-refractivity contribution in [3.63, 3.8) is 0 Å². The highest BCUT2D eigenvalue weighted by Gasteiger charge is 2.42. The van der Waals surface area contributed by atoms with Gasteiger partial charge >= 0.3 is 0 Å². The van der Waals surface area contributed by atoms with Crippen molar-refractivity contribution in [2.24, 2.45) is 0 Å². The maximum absolute atomic E-state index is 13.3. The quantitative estimate of drug-likeness (QED) is 0.792. The van der Waals surface area contributed by atoms with E-state index in [0.717, 1.165) is 55.6 Å². The van der Waals surface area contributed by atoms with E-state index in [0.29, 0.717) is 6.54 Å². The van der Waals surface area contributed by atoms with Crippen molar-refractivity contribution >= 4 is 18.3 Å². The van der Waals surface area contributed by atoms with Crippen LogP contribution < -0.4 is 15.4 Å². The van der Waals surface area contributed by atoms with Crippen molar-refractivity contribution in [3.05, 3.63) is 64.2 Å². The number of methoxy groups -OCH3 is 1. The van der Waals surface area contributed by atoms with Crippen LogP contribution in [0.25, 0.3) is 0 Å². The fourth-order valence-electron chi connectivity index (χ4n) is 4.55. The van der Waals surface area contributed by atoms with Gasteiger partial charge < -0.3 is 15.4 Å². The van der Waals surface area contributed by atoms with Crippen molar-refractivity contribution < 1.29 is 9.53 Å². The minimum absolute atomic E-state index is 0. The number of amides is 1. The summed E-state index contributed by atoms with van der Waals surface area (Å²) in [5.41, 5.74) is 5.63. The van der Waals surface area contributed by atoms with E-state index >= 15 is 0 Å². The lowest BCUT2D eigenvalue weighted by Crippen LogP contribution is -2.42. The van der Waals surface area contributed by atoms with Gasteiger partial charge in [-0.3, -0.25) is 4.79 Å². The van der Waals surface area contributed by atoms with Crippen LogP contribution in [-0.2, 0) is 29.8 Å². The van der Waals surface area contributed by atoms with Gasteiger partial charge in [-0.15, -0.1) is 12.4 Å². The molecule has 0 unspecified atom stereocenters. The minimum atomic E-state index is -0.431. The fraction of sp³-hybridized carbons (Fsp3) is 0.435. The van der Waals surface area contributed by atoms with Crippen LogP contribution in [0.3, 0.4) is 0 Å². The Morgan fingerprint density at radius 2 is 1.86 bits per heavy atom. The van der Waals surface area contributed by atoms with Crippen molar-refractivity contribution in [1.82, 2.24) is 10.6 Å². The average Bonchev–Trinajstić information content (AvgIpc) is 3.36. The largest absolute Gasteiger partial charge is 0.496 e. The highest BCUT2D eigenvalue weighted by molar-refractivity contribution is 5.88. The molecule has 1 aliphatic carbocycles. The molecule has 1 fully saturated rings. The fourth-order valence-corrected chi connectivity index (χ4v) is 4.55. The zero-order valence-electron chi connectivity index (χ0n) is 16.6. The third kappa shape index (κ3) is 3.76. The number of carbonyl (C=O) groups excluding carboxylic acids is 1. The number of ether oxygens (including phenoxy) is 1. The lowest BCUT2D eigenvalue weighted by Gasteiger charge is -2.29. The van der Waals surface area contributed by atoms with Gasteiger partial charge in [-0.1, -0.05) is 43.2 Å². The Morgan fingerprint density at radius 1 is 1.11 bits per heavy atom. The number of carbonyl (C=O) groups is 1. The summed E-state index contributed by atoms with van der Waals surface area (Å²) >= 11 is 0. The molecule has 1 saturated carbocycles. The Labute approximate surface area is 173 Å². The summed E-state index contributed by atoms with van der Waals surface area (Å²) in [6.45, 7) is 4.48. The van der Waals surface area contributed by atoms with E-state index in [4.69, 9.17) is 4.74 Å². The van der Waals surface area contributed by atoms with Crippen molar-refractivity contribution in [1.29, 1.82) is 0 Å². The third-order valence-corrected chi connectivity index (χ3v) is 6.21. The molecule has 1 aliphatic heterocycles. The molecule has 4 nitrogen and oxygen atoms in total. The second-order valence-electron chi connectivity index (χ2n) is 7.86. The SMILES string of the molecule is COc1cc(C2(C(=O)NCc3ccc4c(c3)CNC4)CCCC2)ccc1C.Cl. The topological polar surface area (TPSA) is 50.4 Å². The molecule has 2 N–H and O–H groups in total. The minimum Gasteiger partial charge on any atom is -0.496 e. The van der Waals surface area contributed by atoms with E-state index in [9.17, 15) is 4.79 Å². The number of nitrogens with one attached hydrogen (secondary N) is 2. The summed E-state index contributed by atoms with van der Waals surface area (Å²) in [5, 5.41) is 6.59. The first-order valence-corrected chi connectivity index (χ1v) is 9.87. The normalized spacial score (nSPS) is 16.9. The molecule has 1 heterocycles. The van der Waals surface area contributed by atoms with Gasteiger partial charge in [0.05, 0.1) is 12.5 Å². The lowest BCUT2D eigenvalue weighted by atomic mass is 9.77. The maximum atomic E-state index is 13.3. The summed E-state index contributed by atoms with van der Waals surface area (Å²) in [7, 11) is 1.69. The predicted octanol–water partition coefficient (Wildman–Crippen LogP) is 4.16. The predicted molar refractivity (Wildman–Crippen MR) is 114 cm³/mol. The van der Waals surface area contributed by atoms with Crippen LogP contribution in [0.1, 0.15) is 53.5 Å². The molecule has 2 aliphatic rings. The summed E-state index contributed by atoms with van der Waals surface area (Å²) in [4.78, 5) is 13.3. The zero-order valence-corrected chi connectivity index (χ0v) is 17.5.